The fourth-order valence-corrected chi connectivity index (χ4v) is 9.80. The van der Waals surface area contributed by atoms with E-state index in [2.05, 4.69) is 38.1 Å². The smallest absolute Gasteiger partial charge is 0.214 e. The number of piperidine rings is 1. The molecule has 1 aliphatic heterocycles. The zero-order chi connectivity index (χ0) is 20.5. The van der Waals surface area contributed by atoms with E-state index in [0.717, 1.165) is 38.5 Å². The van der Waals surface area contributed by atoms with Crippen LogP contribution in [0.1, 0.15) is 69.9 Å². The number of aliphatic hydroxyl groups excluding tert-OH is 1. The van der Waals surface area contributed by atoms with E-state index in [1.807, 2.05) is 0 Å². The maximum atomic E-state index is 13.5. The lowest BCUT2D eigenvalue weighted by Gasteiger charge is -2.46. The molecule has 3 aliphatic carbocycles. The molecular weight excluding hydrogens is 382 g/mol. The van der Waals surface area contributed by atoms with Crippen LogP contribution in [-0.4, -0.2) is 42.8 Å². The molecule has 1 heterocycles. The molecule has 1 aromatic rings. The quantitative estimate of drug-likeness (QED) is 0.812. The Morgan fingerprint density at radius 2 is 1.83 bits per heavy atom. The first kappa shape index (κ1) is 20.0. The molecule has 0 aromatic heterocycles. The second-order valence-electron chi connectivity index (χ2n) is 10.8. The van der Waals surface area contributed by atoms with E-state index < -0.39 is 21.5 Å². The molecule has 2 saturated carbocycles. The molecule has 29 heavy (non-hydrogen) atoms. The molecule has 1 unspecified atom stereocenters. The van der Waals surface area contributed by atoms with Crippen molar-refractivity contribution in [1.29, 1.82) is 0 Å². The Morgan fingerprint density at radius 3 is 2.48 bits per heavy atom. The first-order valence-corrected chi connectivity index (χ1v) is 13.1. The number of sulfonamides is 1. The van der Waals surface area contributed by atoms with E-state index in [0.29, 0.717) is 19.0 Å². The Kier molecular flexibility index (Phi) is 4.52. The van der Waals surface area contributed by atoms with Crippen molar-refractivity contribution in [2.75, 3.05) is 18.8 Å². The number of hydrogen-bond donors (Lipinski definition) is 1. The number of aryl methyl sites for hydroxylation is 1. The second-order valence-corrected chi connectivity index (χ2v) is 12.8. The molecule has 3 fully saturated rings. The highest BCUT2D eigenvalue weighted by atomic mass is 32.2. The number of hydrogen-bond acceptors (Lipinski definition) is 3. The van der Waals surface area contributed by atoms with Crippen molar-refractivity contribution in [2.45, 2.75) is 76.7 Å². The molecule has 4 aliphatic rings. The minimum absolute atomic E-state index is 0.0984. The van der Waals surface area contributed by atoms with Gasteiger partial charge in [-0.25, -0.2) is 12.7 Å². The molecule has 160 valence electrons. The van der Waals surface area contributed by atoms with Crippen LogP contribution in [0.4, 0.5) is 0 Å². The summed E-state index contributed by atoms with van der Waals surface area (Å²) in [5, 5.41) is 10.8. The van der Waals surface area contributed by atoms with Gasteiger partial charge >= 0.3 is 0 Å². The van der Waals surface area contributed by atoms with Gasteiger partial charge in [-0.1, -0.05) is 38.1 Å². The van der Waals surface area contributed by atoms with Gasteiger partial charge in [0.1, 0.15) is 0 Å². The van der Waals surface area contributed by atoms with Gasteiger partial charge in [0, 0.05) is 18.5 Å². The summed E-state index contributed by atoms with van der Waals surface area (Å²) in [5.74, 6) is 0.574. The van der Waals surface area contributed by atoms with E-state index in [-0.39, 0.29) is 16.6 Å². The van der Waals surface area contributed by atoms with E-state index in [1.165, 1.54) is 24.0 Å². The van der Waals surface area contributed by atoms with E-state index >= 15 is 0 Å². The summed E-state index contributed by atoms with van der Waals surface area (Å²) in [7, 11) is -3.37. The molecule has 4 nitrogen and oxygen atoms in total. The van der Waals surface area contributed by atoms with Crippen molar-refractivity contribution in [3.05, 3.63) is 35.4 Å². The van der Waals surface area contributed by atoms with Crippen LogP contribution in [-0.2, 0) is 21.9 Å². The summed E-state index contributed by atoms with van der Waals surface area (Å²) >= 11 is 0. The largest absolute Gasteiger partial charge is 0.392 e. The zero-order valence-corrected chi connectivity index (χ0v) is 18.7. The Balaban J connectivity index is 1.35. The van der Waals surface area contributed by atoms with Gasteiger partial charge in [0.05, 0.1) is 11.9 Å². The minimum atomic E-state index is -3.37. The fraction of sp³-hybridized carbons (Fsp3) is 0.750. The predicted octanol–water partition coefficient (Wildman–Crippen LogP) is 3.87. The summed E-state index contributed by atoms with van der Waals surface area (Å²) in [6.07, 6.45) is 7.56. The van der Waals surface area contributed by atoms with Gasteiger partial charge in [0.2, 0.25) is 10.0 Å². The average Bonchev–Trinajstić information content (AvgIpc) is 3.03. The maximum Gasteiger partial charge on any atom is 0.214 e. The van der Waals surface area contributed by atoms with Crippen LogP contribution < -0.4 is 0 Å². The maximum absolute atomic E-state index is 13.5. The Morgan fingerprint density at radius 1 is 1.10 bits per heavy atom. The van der Waals surface area contributed by atoms with Crippen molar-refractivity contribution in [1.82, 2.24) is 4.31 Å². The molecule has 0 amide bonds. The topological polar surface area (TPSA) is 57.6 Å². The highest BCUT2D eigenvalue weighted by Crippen LogP contribution is 2.66. The molecule has 1 spiro atoms. The average molecular weight is 418 g/mol. The van der Waals surface area contributed by atoms with Gasteiger partial charge in [-0.05, 0) is 79.2 Å². The Labute approximate surface area is 175 Å². The van der Waals surface area contributed by atoms with Crippen molar-refractivity contribution >= 4 is 10.0 Å². The zero-order valence-electron chi connectivity index (χ0n) is 17.9. The van der Waals surface area contributed by atoms with Gasteiger partial charge in [0.15, 0.2) is 0 Å². The van der Waals surface area contributed by atoms with Crippen LogP contribution in [0, 0.1) is 16.7 Å². The molecule has 2 bridgehead atoms. The third-order valence-corrected chi connectivity index (χ3v) is 11.6. The monoisotopic (exact) mass is 417 g/mol. The number of rotatable bonds is 3. The van der Waals surface area contributed by atoms with E-state index in [4.69, 9.17) is 0 Å². The number of benzene rings is 1. The SMILES string of the molecule is CC1(C)C2CC[C@@]1(CS(=O)(=O)N1CCC3(CCCc4ccccc43)CC1)[C@H](O)C2. The van der Waals surface area contributed by atoms with Crippen molar-refractivity contribution in [3.8, 4) is 0 Å². The summed E-state index contributed by atoms with van der Waals surface area (Å²) in [6, 6.07) is 8.78. The summed E-state index contributed by atoms with van der Waals surface area (Å²) < 4.78 is 28.7. The lowest BCUT2D eigenvalue weighted by molar-refractivity contribution is 0.0143. The highest BCUT2D eigenvalue weighted by Gasteiger charge is 2.65. The summed E-state index contributed by atoms with van der Waals surface area (Å²) in [5.41, 5.74) is 2.51. The van der Waals surface area contributed by atoms with Gasteiger partial charge in [-0.15, -0.1) is 0 Å². The molecule has 5 heteroatoms. The van der Waals surface area contributed by atoms with Gasteiger partial charge in [0.25, 0.3) is 0 Å². The lowest BCUT2D eigenvalue weighted by atomic mass is 9.65. The lowest BCUT2D eigenvalue weighted by Crippen LogP contribution is -2.51. The first-order valence-electron chi connectivity index (χ1n) is 11.4. The molecule has 1 N–H and O–H groups in total. The first-order chi connectivity index (χ1) is 13.7. The molecule has 5 rings (SSSR count). The third kappa shape index (κ3) is 2.80. The van der Waals surface area contributed by atoms with Crippen molar-refractivity contribution in [2.24, 2.45) is 16.7 Å². The highest BCUT2D eigenvalue weighted by molar-refractivity contribution is 7.89. The number of aliphatic hydroxyl groups is 1. The predicted molar refractivity (Wildman–Crippen MR) is 115 cm³/mol. The number of fused-ring (bicyclic) bond motifs is 4. The van der Waals surface area contributed by atoms with E-state index in [9.17, 15) is 13.5 Å². The molecule has 0 radical (unpaired) electrons. The van der Waals surface area contributed by atoms with Crippen LogP contribution in [0.2, 0.25) is 0 Å². The standard InChI is InChI=1S/C24H35NO3S/c1-22(2)19-9-11-24(22,21(26)16-19)17-29(27,28)25-14-12-23(13-15-25)10-5-7-18-6-3-4-8-20(18)23/h3-4,6,8,19,21,26H,5,7,9-17H2,1-2H3/t19?,21-,24-/m1/s1. The van der Waals surface area contributed by atoms with Crippen LogP contribution >= 0.6 is 0 Å². The molecular formula is C24H35NO3S. The van der Waals surface area contributed by atoms with Gasteiger partial charge in [-0.2, -0.15) is 0 Å². The van der Waals surface area contributed by atoms with Gasteiger partial charge < -0.3 is 5.11 Å². The van der Waals surface area contributed by atoms with E-state index in [1.54, 1.807) is 4.31 Å². The fourth-order valence-electron chi connectivity index (χ4n) is 7.52. The molecule has 3 atom stereocenters. The molecule has 1 saturated heterocycles. The van der Waals surface area contributed by atoms with Gasteiger partial charge in [-0.3, -0.25) is 0 Å². The normalized spacial score (nSPS) is 35.7. The Bertz CT molecular complexity index is 900. The van der Waals surface area contributed by atoms with Crippen molar-refractivity contribution in [3.63, 3.8) is 0 Å². The van der Waals surface area contributed by atoms with Crippen LogP contribution in [0.15, 0.2) is 24.3 Å². The van der Waals surface area contributed by atoms with Crippen LogP contribution in [0.5, 0.6) is 0 Å². The summed E-state index contributed by atoms with van der Waals surface area (Å²) in [6.45, 7) is 5.60. The third-order valence-electron chi connectivity index (χ3n) is 9.59. The summed E-state index contributed by atoms with van der Waals surface area (Å²) in [4.78, 5) is 0. The second kappa shape index (κ2) is 6.54. The molecule has 1 aromatic carbocycles. The van der Waals surface area contributed by atoms with Crippen LogP contribution in [0.3, 0.4) is 0 Å². The van der Waals surface area contributed by atoms with Crippen LogP contribution in [0.25, 0.3) is 0 Å². The van der Waals surface area contributed by atoms with Crippen molar-refractivity contribution < 1.29 is 13.5 Å². The Hall–Kier alpha value is -0.910. The number of nitrogens with zero attached hydrogens (tertiary/aromatic N) is 1. The minimum Gasteiger partial charge on any atom is -0.392 e.